The quantitative estimate of drug-likeness (QED) is 0.815. The van der Waals surface area contributed by atoms with Crippen molar-refractivity contribution < 1.29 is 19.4 Å². The van der Waals surface area contributed by atoms with Gasteiger partial charge in [0, 0.05) is 13.0 Å². The maximum absolute atomic E-state index is 12.7. The Morgan fingerprint density at radius 2 is 1.65 bits per heavy atom. The second-order valence-corrected chi connectivity index (χ2v) is 8.80. The number of ether oxygens (including phenoxy) is 1. The van der Waals surface area contributed by atoms with Crippen LogP contribution in [-0.2, 0) is 14.3 Å². The Bertz CT molecular complexity index is 474. The van der Waals surface area contributed by atoms with E-state index in [1.54, 1.807) is 0 Å². The number of rotatable bonds is 5. The first-order valence-electron chi connectivity index (χ1n) is 9.07. The van der Waals surface area contributed by atoms with E-state index in [2.05, 4.69) is 5.32 Å². The van der Waals surface area contributed by atoms with Gasteiger partial charge in [-0.2, -0.15) is 0 Å². The Balaban J connectivity index is 1.42. The van der Waals surface area contributed by atoms with E-state index >= 15 is 0 Å². The number of nitrogens with one attached hydrogen (secondary N) is 1. The molecule has 0 aromatic heterocycles. The lowest BCUT2D eigenvalue weighted by Gasteiger charge is -2.56. The van der Waals surface area contributed by atoms with Crippen molar-refractivity contribution in [2.45, 2.75) is 63.3 Å². The third kappa shape index (κ3) is 3.00. The van der Waals surface area contributed by atoms with E-state index in [0.29, 0.717) is 26.1 Å². The van der Waals surface area contributed by atoms with Gasteiger partial charge in [-0.05, 0) is 68.1 Å². The van der Waals surface area contributed by atoms with Crippen LogP contribution in [0.1, 0.15) is 57.8 Å². The van der Waals surface area contributed by atoms with Crippen LogP contribution >= 0.6 is 0 Å². The summed E-state index contributed by atoms with van der Waals surface area (Å²) in [6, 6.07) is 0. The Morgan fingerprint density at radius 3 is 2.13 bits per heavy atom. The molecule has 0 radical (unpaired) electrons. The lowest BCUT2D eigenvalue weighted by molar-refractivity contribution is -0.139. The molecule has 1 atom stereocenters. The highest BCUT2D eigenvalue weighted by Crippen LogP contribution is 2.61. The first kappa shape index (κ1) is 15.4. The van der Waals surface area contributed by atoms with Gasteiger partial charge >= 0.3 is 5.97 Å². The topological polar surface area (TPSA) is 75.6 Å². The van der Waals surface area contributed by atoms with E-state index in [1.165, 1.54) is 38.5 Å². The molecular formula is C18H27NO4. The fourth-order valence-corrected chi connectivity index (χ4v) is 6.37. The Labute approximate surface area is 137 Å². The fraction of sp³-hybridized carbons (Fsp3) is 0.889. The van der Waals surface area contributed by atoms with Crippen LogP contribution in [0.2, 0.25) is 0 Å². The number of carbonyl (C=O) groups excluding carboxylic acids is 1. The first-order chi connectivity index (χ1) is 11.0. The van der Waals surface area contributed by atoms with Gasteiger partial charge in [0.25, 0.3) is 0 Å². The number of hydrogen-bond donors (Lipinski definition) is 2. The van der Waals surface area contributed by atoms with Crippen molar-refractivity contribution >= 4 is 11.9 Å². The third-order valence-corrected chi connectivity index (χ3v) is 6.70. The summed E-state index contributed by atoms with van der Waals surface area (Å²) in [7, 11) is 0. The minimum atomic E-state index is -0.870. The summed E-state index contributed by atoms with van der Waals surface area (Å²) in [5.41, 5.74) is -0.492. The van der Waals surface area contributed by atoms with Crippen LogP contribution in [0.25, 0.3) is 0 Å². The average Bonchev–Trinajstić information content (AvgIpc) is 2.82. The largest absolute Gasteiger partial charge is 0.481 e. The molecule has 1 aliphatic heterocycles. The molecule has 1 saturated heterocycles. The molecule has 128 valence electrons. The van der Waals surface area contributed by atoms with Gasteiger partial charge in [-0.15, -0.1) is 0 Å². The van der Waals surface area contributed by atoms with Crippen LogP contribution in [-0.4, -0.2) is 35.7 Å². The van der Waals surface area contributed by atoms with Crippen molar-refractivity contribution in [3.63, 3.8) is 0 Å². The van der Waals surface area contributed by atoms with E-state index in [9.17, 15) is 9.59 Å². The summed E-state index contributed by atoms with van der Waals surface area (Å²) in [6.07, 6.45) is 8.87. The highest BCUT2D eigenvalue weighted by molar-refractivity contribution is 5.79. The lowest BCUT2D eigenvalue weighted by Crippen LogP contribution is -2.53. The summed E-state index contributed by atoms with van der Waals surface area (Å²) < 4.78 is 5.38. The molecule has 4 aliphatic carbocycles. The van der Waals surface area contributed by atoms with Crippen molar-refractivity contribution in [1.29, 1.82) is 0 Å². The molecule has 23 heavy (non-hydrogen) atoms. The molecular weight excluding hydrogens is 294 g/mol. The summed E-state index contributed by atoms with van der Waals surface area (Å²) >= 11 is 0. The second kappa shape index (κ2) is 5.47. The van der Waals surface area contributed by atoms with Gasteiger partial charge in [0.2, 0.25) is 5.91 Å². The SMILES string of the molecule is O=C(O)CC1(NC(=O)CC23CC4CC(CC(C4)C2)C3)CCOC1. The van der Waals surface area contributed by atoms with E-state index < -0.39 is 11.5 Å². The van der Waals surface area contributed by atoms with Crippen LogP contribution < -0.4 is 5.32 Å². The highest BCUT2D eigenvalue weighted by atomic mass is 16.5. The van der Waals surface area contributed by atoms with E-state index in [1.807, 2.05) is 0 Å². The summed E-state index contributed by atoms with van der Waals surface area (Å²) in [5, 5.41) is 12.2. The summed E-state index contributed by atoms with van der Waals surface area (Å²) in [5.74, 6) is 1.66. The zero-order valence-corrected chi connectivity index (χ0v) is 13.7. The van der Waals surface area contributed by atoms with Crippen molar-refractivity contribution in [3.8, 4) is 0 Å². The fourth-order valence-electron chi connectivity index (χ4n) is 6.37. The molecule has 4 saturated carbocycles. The molecule has 5 aliphatic rings. The average molecular weight is 321 g/mol. The number of hydrogen-bond acceptors (Lipinski definition) is 3. The molecule has 1 amide bonds. The predicted molar refractivity (Wildman–Crippen MR) is 83.8 cm³/mol. The number of carboxylic acid groups (broad SMARTS) is 1. The number of aliphatic carboxylic acids is 1. The Hall–Kier alpha value is -1.10. The van der Waals surface area contributed by atoms with Gasteiger partial charge in [-0.25, -0.2) is 0 Å². The van der Waals surface area contributed by atoms with Crippen molar-refractivity contribution in [2.24, 2.45) is 23.2 Å². The first-order valence-corrected chi connectivity index (χ1v) is 9.07. The molecule has 5 heteroatoms. The zero-order chi connectivity index (χ0) is 16.1. The minimum Gasteiger partial charge on any atom is -0.481 e. The van der Waals surface area contributed by atoms with Gasteiger partial charge in [-0.3, -0.25) is 9.59 Å². The molecule has 0 aromatic carbocycles. The molecule has 2 N–H and O–H groups in total. The molecule has 4 bridgehead atoms. The second-order valence-electron chi connectivity index (χ2n) is 8.80. The Kier molecular flexibility index (Phi) is 3.67. The molecule has 1 heterocycles. The van der Waals surface area contributed by atoms with Crippen LogP contribution in [0.15, 0.2) is 0 Å². The normalized spacial score (nSPS) is 44.4. The smallest absolute Gasteiger partial charge is 0.305 e. The van der Waals surface area contributed by atoms with Gasteiger partial charge < -0.3 is 15.2 Å². The minimum absolute atomic E-state index is 0.0405. The van der Waals surface area contributed by atoms with Crippen LogP contribution in [0.5, 0.6) is 0 Å². The van der Waals surface area contributed by atoms with Crippen molar-refractivity contribution in [2.75, 3.05) is 13.2 Å². The molecule has 1 unspecified atom stereocenters. The van der Waals surface area contributed by atoms with Gasteiger partial charge in [0.05, 0.1) is 18.6 Å². The molecule has 0 aromatic rings. The van der Waals surface area contributed by atoms with E-state index in [4.69, 9.17) is 9.84 Å². The van der Waals surface area contributed by atoms with Crippen LogP contribution in [0.3, 0.4) is 0 Å². The lowest BCUT2D eigenvalue weighted by atomic mass is 9.49. The van der Waals surface area contributed by atoms with Crippen molar-refractivity contribution in [3.05, 3.63) is 0 Å². The molecule has 5 rings (SSSR count). The van der Waals surface area contributed by atoms with Crippen LogP contribution in [0.4, 0.5) is 0 Å². The number of carbonyl (C=O) groups is 2. The molecule has 5 fully saturated rings. The van der Waals surface area contributed by atoms with Gasteiger partial charge in [0.15, 0.2) is 0 Å². The zero-order valence-electron chi connectivity index (χ0n) is 13.7. The van der Waals surface area contributed by atoms with Crippen molar-refractivity contribution in [1.82, 2.24) is 5.32 Å². The van der Waals surface area contributed by atoms with E-state index in [0.717, 1.165) is 17.8 Å². The maximum Gasteiger partial charge on any atom is 0.305 e. The molecule has 5 nitrogen and oxygen atoms in total. The van der Waals surface area contributed by atoms with Crippen LogP contribution in [0, 0.1) is 23.2 Å². The summed E-state index contributed by atoms with van der Waals surface area (Å²) in [6.45, 7) is 0.858. The monoisotopic (exact) mass is 321 g/mol. The van der Waals surface area contributed by atoms with Gasteiger partial charge in [0.1, 0.15) is 0 Å². The number of carboxylic acids is 1. The summed E-state index contributed by atoms with van der Waals surface area (Å²) in [4.78, 5) is 23.9. The third-order valence-electron chi connectivity index (χ3n) is 6.70. The predicted octanol–water partition coefficient (Wildman–Crippen LogP) is 2.34. The van der Waals surface area contributed by atoms with Gasteiger partial charge in [-0.1, -0.05) is 0 Å². The van der Waals surface area contributed by atoms with E-state index in [-0.39, 0.29) is 17.7 Å². The standard InChI is InChI=1S/C18H27NO4/c20-15(19-18(10-16(21)22)1-2-23-11-18)9-17-6-12-3-13(7-17)5-14(4-12)8-17/h12-14H,1-11H2,(H,19,20)(H,21,22). The Morgan fingerprint density at radius 1 is 1.04 bits per heavy atom. The molecule has 0 spiro atoms. The maximum atomic E-state index is 12.7. The highest BCUT2D eigenvalue weighted by Gasteiger charge is 2.52. The number of amides is 1.